The first kappa shape index (κ1) is 14.2. The molecule has 1 aliphatic carbocycles. The van der Waals surface area contributed by atoms with E-state index in [1.54, 1.807) is 12.1 Å². The van der Waals surface area contributed by atoms with Crippen molar-refractivity contribution in [3.05, 3.63) is 29.3 Å². The lowest BCUT2D eigenvalue weighted by molar-refractivity contribution is 0.202. The van der Waals surface area contributed by atoms with Gasteiger partial charge in [-0.25, -0.2) is 4.79 Å². The number of nitrogens with one attached hydrogen (secondary N) is 1. The number of likely N-dealkylation sites (N-methyl/N-ethyl adjacent to an activating group) is 1. The summed E-state index contributed by atoms with van der Waals surface area (Å²) in [7, 11) is 4.03. The molecule has 0 radical (unpaired) electrons. The quantitative estimate of drug-likeness (QED) is 0.901. The summed E-state index contributed by atoms with van der Waals surface area (Å²) >= 11 is 5.91. The van der Waals surface area contributed by atoms with Crippen molar-refractivity contribution < 1.29 is 4.79 Å². The second-order valence-corrected chi connectivity index (χ2v) is 5.60. The summed E-state index contributed by atoms with van der Waals surface area (Å²) in [6.07, 6.45) is 2.22. The van der Waals surface area contributed by atoms with Crippen LogP contribution in [0.5, 0.6) is 0 Å². The molecule has 0 atom stereocenters. The topological polar surface area (TPSA) is 35.6 Å². The Morgan fingerprint density at radius 3 is 2.68 bits per heavy atom. The van der Waals surface area contributed by atoms with Crippen molar-refractivity contribution in [3.8, 4) is 0 Å². The van der Waals surface area contributed by atoms with E-state index in [2.05, 4.69) is 10.2 Å². The summed E-state index contributed by atoms with van der Waals surface area (Å²) < 4.78 is 0. The van der Waals surface area contributed by atoms with Gasteiger partial charge in [0.15, 0.2) is 0 Å². The third-order valence-corrected chi connectivity index (χ3v) is 3.35. The highest BCUT2D eigenvalue weighted by Crippen LogP contribution is 2.27. The fourth-order valence-electron chi connectivity index (χ4n) is 1.91. The first-order valence-electron chi connectivity index (χ1n) is 6.54. The molecule has 0 spiro atoms. The van der Waals surface area contributed by atoms with Crippen LogP contribution in [0.25, 0.3) is 0 Å². The number of amides is 2. The number of hydrogen-bond donors (Lipinski definition) is 1. The Kier molecular flexibility index (Phi) is 4.66. The van der Waals surface area contributed by atoms with Crippen LogP contribution in [0.4, 0.5) is 10.5 Å². The molecule has 1 aromatic rings. The normalized spacial score (nSPS) is 14.5. The van der Waals surface area contributed by atoms with E-state index in [1.165, 1.54) is 0 Å². The van der Waals surface area contributed by atoms with E-state index in [1.807, 2.05) is 31.1 Å². The fourth-order valence-corrected chi connectivity index (χ4v) is 2.10. The van der Waals surface area contributed by atoms with Crippen LogP contribution in [0.15, 0.2) is 24.3 Å². The number of carbonyl (C=O) groups excluding carboxylic acids is 1. The van der Waals surface area contributed by atoms with E-state index < -0.39 is 0 Å². The smallest absolute Gasteiger partial charge is 0.320 e. The van der Waals surface area contributed by atoms with Crippen LogP contribution in [-0.2, 0) is 0 Å². The van der Waals surface area contributed by atoms with Crippen molar-refractivity contribution in [2.24, 2.45) is 0 Å². The van der Waals surface area contributed by atoms with Crippen LogP contribution in [0.3, 0.4) is 0 Å². The molecule has 0 saturated heterocycles. The molecule has 4 nitrogen and oxygen atoms in total. The van der Waals surface area contributed by atoms with E-state index >= 15 is 0 Å². The SMILES string of the molecule is CN(C)CCN(C(=O)Nc1cccc(Cl)c1)C1CC1. The first-order chi connectivity index (χ1) is 9.06. The maximum Gasteiger partial charge on any atom is 0.322 e. The summed E-state index contributed by atoms with van der Waals surface area (Å²) in [6, 6.07) is 7.60. The van der Waals surface area contributed by atoms with Gasteiger partial charge < -0.3 is 15.1 Å². The average Bonchev–Trinajstić information content (AvgIpc) is 3.13. The third kappa shape index (κ3) is 4.40. The molecule has 1 aliphatic rings. The van der Waals surface area contributed by atoms with Crippen LogP contribution in [0.2, 0.25) is 5.02 Å². The van der Waals surface area contributed by atoms with Crippen molar-refractivity contribution >= 4 is 23.3 Å². The van der Waals surface area contributed by atoms with Crippen LogP contribution in [0, 0.1) is 0 Å². The number of benzene rings is 1. The molecule has 0 unspecified atom stereocenters. The molecule has 19 heavy (non-hydrogen) atoms. The number of anilines is 1. The molecule has 1 saturated carbocycles. The van der Waals surface area contributed by atoms with Gasteiger partial charge in [-0.3, -0.25) is 0 Å². The lowest BCUT2D eigenvalue weighted by Gasteiger charge is -2.24. The Labute approximate surface area is 119 Å². The molecular weight excluding hydrogens is 262 g/mol. The highest BCUT2D eigenvalue weighted by Gasteiger charge is 2.32. The summed E-state index contributed by atoms with van der Waals surface area (Å²) in [4.78, 5) is 16.3. The monoisotopic (exact) mass is 281 g/mol. The summed E-state index contributed by atoms with van der Waals surface area (Å²) in [5.74, 6) is 0. The Hall–Kier alpha value is -1.26. The fraction of sp³-hybridized carbons (Fsp3) is 0.500. The van der Waals surface area contributed by atoms with Gasteiger partial charge in [-0.15, -0.1) is 0 Å². The van der Waals surface area contributed by atoms with Crippen LogP contribution in [-0.4, -0.2) is 49.1 Å². The lowest BCUT2D eigenvalue weighted by Crippen LogP contribution is -2.40. The van der Waals surface area contributed by atoms with E-state index in [-0.39, 0.29) is 6.03 Å². The van der Waals surface area contributed by atoms with E-state index in [4.69, 9.17) is 11.6 Å². The number of urea groups is 1. The Morgan fingerprint density at radius 2 is 2.11 bits per heavy atom. The zero-order valence-corrected chi connectivity index (χ0v) is 12.2. The molecule has 2 amide bonds. The molecule has 0 aromatic heterocycles. The van der Waals surface area contributed by atoms with Gasteiger partial charge in [0.25, 0.3) is 0 Å². The Balaban J connectivity index is 1.95. The predicted molar refractivity (Wildman–Crippen MR) is 78.8 cm³/mol. The second-order valence-electron chi connectivity index (χ2n) is 5.17. The highest BCUT2D eigenvalue weighted by atomic mass is 35.5. The molecular formula is C14H20ClN3O. The number of halogens is 1. The molecule has 104 valence electrons. The zero-order valence-electron chi connectivity index (χ0n) is 11.4. The van der Waals surface area contributed by atoms with E-state index in [0.717, 1.165) is 31.6 Å². The summed E-state index contributed by atoms with van der Waals surface area (Å²) in [5, 5.41) is 3.54. The average molecular weight is 282 g/mol. The van der Waals surface area contributed by atoms with Crippen molar-refractivity contribution in [2.45, 2.75) is 18.9 Å². The van der Waals surface area contributed by atoms with Crippen molar-refractivity contribution in [1.29, 1.82) is 0 Å². The Bertz CT molecular complexity index is 446. The van der Waals surface area contributed by atoms with E-state index in [9.17, 15) is 4.79 Å². The number of rotatable bonds is 5. The van der Waals surface area contributed by atoms with Crippen LogP contribution >= 0.6 is 11.6 Å². The molecule has 2 rings (SSSR count). The van der Waals surface area contributed by atoms with Crippen molar-refractivity contribution in [1.82, 2.24) is 9.80 Å². The van der Waals surface area contributed by atoms with Crippen molar-refractivity contribution in [3.63, 3.8) is 0 Å². The summed E-state index contributed by atoms with van der Waals surface area (Å²) in [6.45, 7) is 1.63. The van der Waals surface area contributed by atoms with Crippen LogP contribution < -0.4 is 5.32 Å². The molecule has 1 N–H and O–H groups in total. The maximum absolute atomic E-state index is 12.3. The van der Waals surface area contributed by atoms with Gasteiger partial charge in [0, 0.05) is 29.8 Å². The van der Waals surface area contributed by atoms with Gasteiger partial charge in [0.1, 0.15) is 0 Å². The van der Waals surface area contributed by atoms with Gasteiger partial charge >= 0.3 is 6.03 Å². The third-order valence-electron chi connectivity index (χ3n) is 3.11. The molecule has 5 heteroatoms. The molecule has 0 bridgehead atoms. The van der Waals surface area contributed by atoms with Gasteiger partial charge in [0.2, 0.25) is 0 Å². The first-order valence-corrected chi connectivity index (χ1v) is 6.92. The summed E-state index contributed by atoms with van der Waals surface area (Å²) in [5.41, 5.74) is 0.744. The van der Waals surface area contributed by atoms with Gasteiger partial charge in [-0.2, -0.15) is 0 Å². The molecule has 0 aliphatic heterocycles. The van der Waals surface area contributed by atoms with Gasteiger partial charge in [-0.05, 0) is 45.1 Å². The maximum atomic E-state index is 12.3. The molecule has 0 heterocycles. The highest BCUT2D eigenvalue weighted by molar-refractivity contribution is 6.30. The predicted octanol–water partition coefficient (Wildman–Crippen LogP) is 2.90. The zero-order chi connectivity index (χ0) is 13.8. The van der Waals surface area contributed by atoms with E-state index in [0.29, 0.717) is 11.1 Å². The van der Waals surface area contributed by atoms with Crippen LogP contribution in [0.1, 0.15) is 12.8 Å². The Morgan fingerprint density at radius 1 is 1.37 bits per heavy atom. The lowest BCUT2D eigenvalue weighted by atomic mass is 10.3. The largest absolute Gasteiger partial charge is 0.322 e. The molecule has 1 fully saturated rings. The minimum absolute atomic E-state index is 0.0355. The number of nitrogens with zero attached hydrogens (tertiary/aromatic N) is 2. The molecule has 1 aromatic carbocycles. The van der Waals surface area contributed by atoms with Gasteiger partial charge in [0.05, 0.1) is 0 Å². The minimum atomic E-state index is -0.0355. The standard InChI is InChI=1S/C14H20ClN3O/c1-17(2)8-9-18(13-6-7-13)14(19)16-12-5-3-4-11(15)10-12/h3-5,10,13H,6-9H2,1-2H3,(H,16,19). The minimum Gasteiger partial charge on any atom is -0.320 e. The number of hydrogen-bond acceptors (Lipinski definition) is 2. The number of carbonyl (C=O) groups is 1. The van der Waals surface area contributed by atoms with Gasteiger partial charge in [-0.1, -0.05) is 17.7 Å². The second kappa shape index (κ2) is 6.26. The van der Waals surface area contributed by atoms with Crippen molar-refractivity contribution in [2.75, 3.05) is 32.5 Å².